The van der Waals surface area contributed by atoms with Gasteiger partial charge in [-0.25, -0.2) is 18.3 Å². The van der Waals surface area contributed by atoms with Crippen LogP contribution in [0.2, 0.25) is 0 Å². The van der Waals surface area contributed by atoms with Gasteiger partial charge >= 0.3 is 11.3 Å². The van der Waals surface area contributed by atoms with Crippen molar-refractivity contribution in [2.45, 2.75) is 78.0 Å². The number of esters is 1. The molecule has 0 radical (unpaired) electrons. The van der Waals surface area contributed by atoms with Gasteiger partial charge in [-0.1, -0.05) is 25.5 Å². The van der Waals surface area contributed by atoms with Crippen LogP contribution in [0.15, 0.2) is 36.0 Å². The molecule has 48 heavy (non-hydrogen) atoms. The first-order valence-corrected chi connectivity index (χ1v) is 17.3. The Morgan fingerprint density at radius 2 is 1.94 bits per heavy atom. The second-order valence-corrected chi connectivity index (χ2v) is 15.7. The fraction of sp³-hybridized carbons (Fsp3) is 0.571. The van der Waals surface area contributed by atoms with E-state index in [1.54, 1.807) is 42.9 Å². The quantitative estimate of drug-likeness (QED) is 0.263. The minimum Gasteiger partial charge on any atom is -0.390 e. The number of alkyl halides is 2. The molecule has 3 fully saturated rings. The van der Waals surface area contributed by atoms with Crippen LogP contribution in [0.5, 0.6) is 0 Å². The Morgan fingerprint density at radius 1 is 1.19 bits per heavy atom. The Bertz CT molecular complexity index is 1710. The smallest absolute Gasteiger partial charge is 0.377 e. The van der Waals surface area contributed by atoms with Crippen LogP contribution < -0.4 is 11.1 Å². The first kappa shape index (κ1) is 34.3. The van der Waals surface area contributed by atoms with Gasteiger partial charge in [-0.15, -0.1) is 0 Å². The van der Waals surface area contributed by atoms with Gasteiger partial charge in [-0.3, -0.25) is 14.4 Å². The van der Waals surface area contributed by atoms with E-state index in [0.29, 0.717) is 43.4 Å². The second kappa shape index (κ2) is 12.1. The van der Waals surface area contributed by atoms with Gasteiger partial charge in [0, 0.05) is 16.9 Å². The van der Waals surface area contributed by atoms with E-state index < -0.39 is 63.0 Å². The van der Waals surface area contributed by atoms with E-state index >= 15 is 4.39 Å². The topological polar surface area (TPSA) is 154 Å². The number of amides is 2. The number of rotatable bonds is 7. The van der Waals surface area contributed by atoms with E-state index in [1.165, 1.54) is 0 Å². The molecule has 6 rings (SSSR count). The molecule has 0 aliphatic heterocycles. The molecule has 2 unspecified atom stereocenters. The predicted molar refractivity (Wildman–Crippen MR) is 175 cm³/mol. The number of aromatic nitrogens is 2. The summed E-state index contributed by atoms with van der Waals surface area (Å²) in [6.45, 7) is 7.09. The molecule has 258 valence electrons. The van der Waals surface area contributed by atoms with Crippen molar-refractivity contribution < 1.29 is 37.8 Å². The van der Waals surface area contributed by atoms with Crippen molar-refractivity contribution in [3.63, 3.8) is 0 Å². The molecule has 1 aromatic carbocycles. The van der Waals surface area contributed by atoms with Crippen LogP contribution in [0, 0.1) is 34.0 Å². The fourth-order valence-corrected chi connectivity index (χ4v) is 10.1. The SMILES string of the molecule is CC(C)(C(=O)OC(=O)SCF)[C@@H]1CC[C@H]2[C@@H]3CCC4=Cc5c(cnn5-c5cccc(C(=O)NCC(N)=O)c5)C[C@]4(C)[C@@]3(F)C(O)CC21C. The highest BCUT2D eigenvalue weighted by Gasteiger charge is 2.72. The van der Waals surface area contributed by atoms with Gasteiger partial charge in [0.1, 0.15) is 11.7 Å². The molecule has 1 heterocycles. The molecule has 4 aliphatic rings. The summed E-state index contributed by atoms with van der Waals surface area (Å²) in [6.07, 6.45) is 5.30. The van der Waals surface area contributed by atoms with Gasteiger partial charge in [0.15, 0.2) is 0 Å². The van der Waals surface area contributed by atoms with E-state index in [1.807, 2.05) is 26.0 Å². The molecule has 3 saturated carbocycles. The molecule has 7 atom stereocenters. The molecule has 13 heteroatoms. The largest absolute Gasteiger partial charge is 0.390 e. The van der Waals surface area contributed by atoms with Crippen LogP contribution in [0.4, 0.5) is 13.6 Å². The van der Waals surface area contributed by atoms with Crippen molar-refractivity contribution >= 4 is 40.9 Å². The zero-order valence-electron chi connectivity index (χ0n) is 27.6. The number of hydrogen-bond acceptors (Lipinski definition) is 8. The number of benzene rings is 1. The van der Waals surface area contributed by atoms with Gasteiger partial charge < -0.3 is 20.9 Å². The Morgan fingerprint density at radius 3 is 2.65 bits per heavy atom. The number of allylic oxidation sites excluding steroid dienone is 1. The first-order chi connectivity index (χ1) is 22.6. The van der Waals surface area contributed by atoms with E-state index in [9.17, 15) is 28.7 Å². The van der Waals surface area contributed by atoms with Gasteiger partial charge in [0.25, 0.3) is 5.91 Å². The summed E-state index contributed by atoms with van der Waals surface area (Å²) in [5, 5.41) is 18.0. The molecule has 1 aromatic heterocycles. The lowest BCUT2D eigenvalue weighted by atomic mass is 9.43. The van der Waals surface area contributed by atoms with Crippen LogP contribution in [-0.4, -0.2) is 62.3 Å². The first-order valence-electron chi connectivity index (χ1n) is 16.3. The number of carbonyl (C=O) groups excluding carboxylic acids is 4. The summed E-state index contributed by atoms with van der Waals surface area (Å²) in [5.74, 6) is -2.67. The second-order valence-electron chi connectivity index (χ2n) is 14.8. The molecular weight excluding hydrogens is 642 g/mol. The molecule has 0 spiro atoms. The monoisotopic (exact) mass is 684 g/mol. The lowest BCUT2D eigenvalue weighted by Gasteiger charge is -2.63. The molecule has 10 nitrogen and oxygen atoms in total. The van der Waals surface area contributed by atoms with Gasteiger partial charge in [0.2, 0.25) is 5.91 Å². The Kier molecular flexibility index (Phi) is 8.63. The van der Waals surface area contributed by atoms with Crippen LogP contribution in [0.3, 0.4) is 0 Å². The highest BCUT2D eigenvalue weighted by atomic mass is 32.2. The summed E-state index contributed by atoms with van der Waals surface area (Å²) in [4.78, 5) is 48.8. The summed E-state index contributed by atoms with van der Waals surface area (Å²) in [7, 11) is 0. The number of nitrogens with two attached hydrogens (primary N) is 1. The summed E-state index contributed by atoms with van der Waals surface area (Å²) >= 11 is 0.285. The van der Waals surface area contributed by atoms with Crippen molar-refractivity contribution in [1.29, 1.82) is 0 Å². The number of fused-ring (bicyclic) bond motifs is 6. The van der Waals surface area contributed by atoms with Gasteiger partial charge in [-0.2, -0.15) is 5.10 Å². The predicted octanol–water partition coefficient (Wildman–Crippen LogP) is 5.30. The van der Waals surface area contributed by atoms with Crippen molar-refractivity contribution in [2.75, 3.05) is 12.6 Å². The number of nitrogens with zero attached hydrogens (tertiary/aromatic N) is 2. The number of aliphatic hydroxyl groups excluding tert-OH is 1. The number of aliphatic hydroxyl groups is 1. The zero-order valence-corrected chi connectivity index (χ0v) is 28.4. The van der Waals surface area contributed by atoms with Crippen molar-refractivity contribution in [3.8, 4) is 5.69 Å². The number of ether oxygens (including phenoxy) is 1. The summed E-state index contributed by atoms with van der Waals surface area (Å²) < 4.78 is 37.5. The van der Waals surface area contributed by atoms with Crippen LogP contribution in [0.1, 0.15) is 81.4 Å². The van der Waals surface area contributed by atoms with E-state index in [0.717, 1.165) is 16.8 Å². The third kappa shape index (κ3) is 5.19. The van der Waals surface area contributed by atoms with E-state index in [2.05, 4.69) is 10.4 Å². The van der Waals surface area contributed by atoms with Crippen molar-refractivity contribution in [1.82, 2.24) is 15.1 Å². The number of hydrogen-bond donors (Lipinski definition) is 3. The molecule has 2 amide bonds. The molecular formula is C35H42F2N4O6S. The molecule has 0 bridgehead atoms. The van der Waals surface area contributed by atoms with Gasteiger partial charge in [0.05, 0.1) is 35.6 Å². The average molecular weight is 685 g/mol. The number of nitrogens with one attached hydrogen (secondary N) is 1. The maximum absolute atomic E-state index is 18.1. The maximum atomic E-state index is 18.1. The van der Waals surface area contributed by atoms with Crippen molar-refractivity contribution in [3.05, 3.63) is 52.9 Å². The lowest BCUT2D eigenvalue weighted by molar-refractivity contribution is -0.211. The van der Waals surface area contributed by atoms with E-state index in [4.69, 9.17) is 10.5 Å². The Balaban J connectivity index is 1.28. The van der Waals surface area contributed by atoms with Crippen molar-refractivity contribution in [2.24, 2.45) is 39.7 Å². The minimum absolute atomic E-state index is 0.107. The molecule has 4 aliphatic carbocycles. The normalized spacial score (nSPS) is 32.2. The van der Waals surface area contributed by atoms with E-state index in [-0.39, 0.29) is 36.6 Å². The third-order valence-electron chi connectivity index (χ3n) is 12.1. The molecule has 2 aromatic rings. The van der Waals surface area contributed by atoms with Crippen LogP contribution in [0.25, 0.3) is 11.8 Å². The van der Waals surface area contributed by atoms with Crippen LogP contribution >= 0.6 is 11.8 Å². The zero-order chi connectivity index (χ0) is 34.8. The Labute approximate surface area is 282 Å². The number of carbonyl (C=O) groups is 4. The van der Waals surface area contributed by atoms with Crippen LogP contribution in [-0.2, 0) is 20.7 Å². The van der Waals surface area contributed by atoms with Gasteiger partial charge in [-0.05, 0) is 111 Å². The molecule has 4 N–H and O–H groups in total. The highest BCUT2D eigenvalue weighted by molar-refractivity contribution is 8.13. The summed E-state index contributed by atoms with van der Waals surface area (Å²) in [6, 6.07) is 5.83. The fourth-order valence-electron chi connectivity index (χ4n) is 9.92. The number of primary amides is 1. The average Bonchev–Trinajstić information content (AvgIpc) is 3.59. The minimum atomic E-state index is -1.94. The Hall–Kier alpha value is -3.58. The standard InChI is InChI=1S/C35H42F2N4O6S/c1-32(2,30(45)47-31(46)48-18-36)26-11-10-23-24-9-8-21-13-25-20(14-34(21,4)35(24,37)27(42)15-33(23,26)3)16-40-41(25)22-7-5-6-19(12-22)29(44)39-17-28(38)43/h5-7,12-13,16,23-24,26-27,42H,8-11,14-15,17-18H2,1-4H3,(H2,38,43)(H,39,44)/t23-,24-,26-,27?,33?,34-,35-/m0/s1. The maximum Gasteiger partial charge on any atom is 0.377 e. The highest BCUT2D eigenvalue weighted by Crippen LogP contribution is 2.71. The third-order valence-corrected chi connectivity index (χ3v) is 12.5. The lowest BCUT2D eigenvalue weighted by Crippen LogP contribution is -2.68. The number of thioether (sulfide) groups is 1. The molecule has 0 saturated heterocycles. The summed E-state index contributed by atoms with van der Waals surface area (Å²) in [5.41, 5.74) is 4.00. The number of halogens is 2.